The molecular weight excluding hydrogens is 292 g/mol. The van der Waals surface area contributed by atoms with E-state index in [1.165, 1.54) is 11.3 Å². The largest absolute Gasteiger partial charge is 0.357 e. The third-order valence-electron chi connectivity index (χ3n) is 3.04. The summed E-state index contributed by atoms with van der Waals surface area (Å²) < 4.78 is 0. The predicted octanol–water partition coefficient (Wildman–Crippen LogP) is 3.36. The Morgan fingerprint density at radius 3 is 2.59 bits per heavy atom. The Labute approximate surface area is 135 Å². The Morgan fingerprint density at radius 2 is 1.95 bits per heavy atom. The third-order valence-corrected chi connectivity index (χ3v) is 4.07. The number of rotatable bonds is 5. The molecule has 22 heavy (non-hydrogen) atoms. The van der Waals surface area contributed by atoms with Gasteiger partial charge in [-0.2, -0.15) is 5.26 Å². The van der Waals surface area contributed by atoms with Gasteiger partial charge in [-0.1, -0.05) is 18.2 Å². The SMILES string of the molecule is CCNC(=NCc1cccc(-c2ccc(C#N)s2)c1)NCC. The summed E-state index contributed by atoms with van der Waals surface area (Å²) in [7, 11) is 0. The molecule has 2 aromatic rings. The summed E-state index contributed by atoms with van der Waals surface area (Å²) in [4.78, 5) is 6.42. The van der Waals surface area contributed by atoms with E-state index in [1.54, 1.807) is 0 Å². The molecule has 0 atom stereocenters. The third kappa shape index (κ3) is 4.34. The van der Waals surface area contributed by atoms with Gasteiger partial charge in [0.25, 0.3) is 0 Å². The van der Waals surface area contributed by atoms with Crippen LogP contribution in [0, 0.1) is 11.3 Å². The number of nitrogens with zero attached hydrogens (tertiary/aromatic N) is 2. The molecule has 114 valence electrons. The van der Waals surface area contributed by atoms with E-state index in [1.807, 2.05) is 18.2 Å². The number of nitriles is 1. The molecule has 0 aliphatic heterocycles. The molecule has 0 radical (unpaired) electrons. The Kier molecular flexibility index (Phi) is 5.99. The minimum Gasteiger partial charge on any atom is -0.357 e. The van der Waals surface area contributed by atoms with Crippen LogP contribution in [0.2, 0.25) is 0 Å². The summed E-state index contributed by atoms with van der Waals surface area (Å²) in [6.07, 6.45) is 0. The molecule has 1 aromatic carbocycles. The maximum absolute atomic E-state index is 8.93. The highest BCUT2D eigenvalue weighted by Crippen LogP contribution is 2.28. The Hall–Kier alpha value is -2.32. The molecule has 0 aliphatic rings. The molecule has 2 N–H and O–H groups in total. The van der Waals surface area contributed by atoms with Crippen LogP contribution >= 0.6 is 11.3 Å². The lowest BCUT2D eigenvalue weighted by Crippen LogP contribution is -2.36. The molecule has 0 saturated heterocycles. The molecule has 5 heteroatoms. The highest BCUT2D eigenvalue weighted by atomic mass is 32.1. The van der Waals surface area contributed by atoms with Gasteiger partial charge in [0.15, 0.2) is 5.96 Å². The van der Waals surface area contributed by atoms with Crippen molar-refractivity contribution < 1.29 is 0 Å². The minimum atomic E-state index is 0.625. The lowest BCUT2D eigenvalue weighted by Gasteiger charge is -2.09. The van der Waals surface area contributed by atoms with Crippen molar-refractivity contribution in [3.8, 4) is 16.5 Å². The van der Waals surface area contributed by atoms with E-state index in [0.717, 1.165) is 39.9 Å². The average Bonchev–Trinajstić information content (AvgIpc) is 3.02. The Morgan fingerprint density at radius 1 is 1.18 bits per heavy atom. The fourth-order valence-corrected chi connectivity index (χ4v) is 2.86. The molecule has 0 saturated carbocycles. The monoisotopic (exact) mass is 312 g/mol. The number of nitrogens with one attached hydrogen (secondary N) is 2. The number of guanidine groups is 1. The van der Waals surface area contributed by atoms with Gasteiger partial charge in [0, 0.05) is 18.0 Å². The van der Waals surface area contributed by atoms with Crippen molar-refractivity contribution in [3.63, 3.8) is 0 Å². The summed E-state index contributed by atoms with van der Waals surface area (Å²) in [5.41, 5.74) is 2.28. The van der Waals surface area contributed by atoms with Crippen molar-refractivity contribution in [1.29, 1.82) is 5.26 Å². The number of aliphatic imine (C=N–C) groups is 1. The first-order valence-electron chi connectivity index (χ1n) is 7.38. The average molecular weight is 312 g/mol. The van der Waals surface area contributed by atoms with Gasteiger partial charge in [-0.15, -0.1) is 11.3 Å². The molecule has 4 nitrogen and oxygen atoms in total. The molecule has 2 rings (SSSR count). The predicted molar refractivity (Wildman–Crippen MR) is 93.0 cm³/mol. The lowest BCUT2D eigenvalue weighted by atomic mass is 10.1. The summed E-state index contributed by atoms with van der Waals surface area (Å²) in [6.45, 7) is 6.42. The molecule has 0 fully saturated rings. The molecule has 0 unspecified atom stereocenters. The van der Waals surface area contributed by atoms with Gasteiger partial charge >= 0.3 is 0 Å². The minimum absolute atomic E-state index is 0.625. The van der Waals surface area contributed by atoms with E-state index >= 15 is 0 Å². The fourth-order valence-electron chi connectivity index (χ4n) is 2.06. The second-order valence-corrected chi connectivity index (χ2v) is 5.79. The van der Waals surface area contributed by atoms with Crippen molar-refractivity contribution >= 4 is 17.3 Å². The molecular formula is C17H20N4S. The summed E-state index contributed by atoms with van der Waals surface area (Å²) in [6, 6.07) is 14.3. The van der Waals surface area contributed by atoms with Crippen LogP contribution in [-0.2, 0) is 6.54 Å². The zero-order chi connectivity index (χ0) is 15.8. The highest BCUT2D eigenvalue weighted by molar-refractivity contribution is 7.16. The number of hydrogen-bond donors (Lipinski definition) is 2. The smallest absolute Gasteiger partial charge is 0.191 e. The maximum Gasteiger partial charge on any atom is 0.191 e. The first-order valence-corrected chi connectivity index (χ1v) is 8.20. The topological polar surface area (TPSA) is 60.2 Å². The lowest BCUT2D eigenvalue weighted by molar-refractivity contribution is 0.839. The maximum atomic E-state index is 8.93. The number of thiophene rings is 1. The van der Waals surface area contributed by atoms with Gasteiger partial charge < -0.3 is 10.6 Å². The Bertz CT molecular complexity index is 674. The van der Waals surface area contributed by atoms with E-state index in [-0.39, 0.29) is 0 Å². The zero-order valence-corrected chi connectivity index (χ0v) is 13.7. The standard InChI is InChI=1S/C17H20N4S/c1-3-19-17(20-4-2)21-12-13-6-5-7-14(10-13)16-9-8-15(11-18)22-16/h5-10H,3-4,12H2,1-2H3,(H2,19,20,21). The van der Waals surface area contributed by atoms with Crippen molar-refractivity contribution in [2.24, 2.45) is 4.99 Å². The molecule has 0 aliphatic carbocycles. The van der Waals surface area contributed by atoms with E-state index < -0.39 is 0 Å². The molecule has 0 amide bonds. The van der Waals surface area contributed by atoms with Gasteiger partial charge in [0.05, 0.1) is 6.54 Å². The molecule has 1 heterocycles. The van der Waals surface area contributed by atoms with Crippen LogP contribution in [0.1, 0.15) is 24.3 Å². The van der Waals surface area contributed by atoms with Crippen LogP contribution in [0.15, 0.2) is 41.4 Å². The van der Waals surface area contributed by atoms with Crippen molar-refractivity contribution in [1.82, 2.24) is 10.6 Å². The van der Waals surface area contributed by atoms with Crippen LogP contribution in [0.3, 0.4) is 0 Å². The van der Waals surface area contributed by atoms with Gasteiger partial charge in [-0.3, -0.25) is 0 Å². The highest BCUT2D eigenvalue weighted by Gasteiger charge is 2.03. The zero-order valence-electron chi connectivity index (χ0n) is 12.9. The summed E-state index contributed by atoms with van der Waals surface area (Å²) >= 11 is 1.51. The van der Waals surface area contributed by atoms with E-state index in [4.69, 9.17) is 5.26 Å². The fraction of sp³-hybridized carbons (Fsp3) is 0.294. The van der Waals surface area contributed by atoms with Gasteiger partial charge in [-0.05, 0) is 43.2 Å². The summed E-state index contributed by atoms with van der Waals surface area (Å²) in [5, 5.41) is 15.4. The van der Waals surface area contributed by atoms with E-state index in [2.05, 4.69) is 53.7 Å². The second kappa shape index (κ2) is 8.20. The van der Waals surface area contributed by atoms with Crippen molar-refractivity contribution in [3.05, 3.63) is 46.8 Å². The van der Waals surface area contributed by atoms with Gasteiger partial charge in [0.2, 0.25) is 0 Å². The van der Waals surface area contributed by atoms with Crippen LogP contribution < -0.4 is 10.6 Å². The van der Waals surface area contributed by atoms with Crippen molar-refractivity contribution in [2.75, 3.05) is 13.1 Å². The van der Waals surface area contributed by atoms with Crippen LogP contribution in [0.25, 0.3) is 10.4 Å². The second-order valence-electron chi connectivity index (χ2n) is 4.70. The van der Waals surface area contributed by atoms with Gasteiger partial charge in [-0.25, -0.2) is 4.99 Å². The number of benzene rings is 1. The first-order chi connectivity index (χ1) is 10.8. The first kappa shape index (κ1) is 16.1. The quantitative estimate of drug-likeness (QED) is 0.657. The van der Waals surface area contributed by atoms with E-state index in [0.29, 0.717) is 6.54 Å². The van der Waals surface area contributed by atoms with E-state index in [9.17, 15) is 0 Å². The molecule has 0 bridgehead atoms. The Balaban J connectivity index is 2.14. The van der Waals surface area contributed by atoms with Crippen molar-refractivity contribution in [2.45, 2.75) is 20.4 Å². The molecule has 0 spiro atoms. The van der Waals surface area contributed by atoms with Crippen LogP contribution in [0.5, 0.6) is 0 Å². The normalized spacial score (nSPS) is 9.86. The molecule has 1 aromatic heterocycles. The number of hydrogen-bond acceptors (Lipinski definition) is 3. The van der Waals surface area contributed by atoms with Gasteiger partial charge in [0.1, 0.15) is 10.9 Å². The summed E-state index contributed by atoms with van der Waals surface area (Å²) in [5.74, 6) is 0.832. The van der Waals surface area contributed by atoms with Crippen LogP contribution in [0.4, 0.5) is 0 Å². The van der Waals surface area contributed by atoms with Crippen LogP contribution in [-0.4, -0.2) is 19.0 Å².